The molecule has 1 N–H and O–H groups in total. The number of likely N-dealkylation sites (tertiary alicyclic amines) is 1. The Morgan fingerprint density at radius 3 is 2.52 bits per heavy atom. The summed E-state index contributed by atoms with van der Waals surface area (Å²) >= 11 is 0. The second-order valence-electron chi connectivity index (χ2n) is 6.41. The molecular weight excluding hydrogens is 427 g/mol. The maximum absolute atomic E-state index is 11.7. The standard InChI is InChI=1S/C19H30N4O.HI/c1-4-5-12-22(3)19(20-2)21-14-16-8-10-17(11-9-16)15-23-13-6-7-18(23)24;/h8-11H,4-7,12-15H2,1-3H3,(H,20,21);1H. The van der Waals surface area contributed by atoms with Crippen LogP contribution in [0.5, 0.6) is 0 Å². The van der Waals surface area contributed by atoms with Crippen molar-refractivity contribution >= 4 is 35.8 Å². The van der Waals surface area contributed by atoms with E-state index in [0.717, 1.165) is 38.6 Å². The number of hydrogen-bond acceptors (Lipinski definition) is 2. The summed E-state index contributed by atoms with van der Waals surface area (Å²) in [7, 11) is 3.89. The molecule has 1 aliphatic rings. The number of nitrogens with zero attached hydrogens (tertiary/aromatic N) is 3. The van der Waals surface area contributed by atoms with Gasteiger partial charge in [-0.25, -0.2) is 0 Å². The smallest absolute Gasteiger partial charge is 0.222 e. The van der Waals surface area contributed by atoms with E-state index < -0.39 is 0 Å². The summed E-state index contributed by atoms with van der Waals surface area (Å²) in [6.45, 7) is 5.59. The first-order valence-electron chi connectivity index (χ1n) is 8.91. The van der Waals surface area contributed by atoms with E-state index in [9.17, 15) is 4.79 Å². The Morgan fingerprint density at radius 1 is 1.28 bits per heavy atom. The van der Waals surface area contributed by atoms with Crippen LogP contribution in [0.1, 0.15) is 43.7 Å². The predicted octanol–water partition coefficient (Wildman–Crippen LogP) is 3.23. The third-order valence-electron chi connectivity index (χ3n) is 4.44. The fraction of sp³-hybridized carbons (Fsp3) is 0.579. The van der Waals surface area contributed by atoms with Gasteiger partial charge in [-0.3, -0.25) is 9.79 Å². The number of carbonyl (C=O) groups excluding carboxylic acids is 1. The fourth-order valence-corrected chi connectivity index (χ4v) is 2.92. The van der Waals surface area contributed by atoms with Gasteiger partial charge in [0, 0.05) is 46.7 Å². The molecule has 0 bridgehead atoms. The van der Waals surface area contributed by atoms with Crippen LogP contribution in [0.3, 0.4) is 0 Å². The number of rotatable bonds is 7. The van der Waals surface area contributed by atoms with E-state index in [-0.39, 0.29) is 29.9 Å². The summed E-state index contributed by atoms with van der Waals surface area (Å²) in [5.41, 5.74) is 2.41. The molecule has 0 aliphatic carbocycles. The van der Waals surface area contributed by atoms with Crippen molar-refractivity contribution in [2.75, 3.05) is 27.2 Å². The number of aliphatic imine (C=N–C) groups is 1. The lowest BCUT2D eigenvalue weighted by Crippen LogP contribution is -2.38. The number of guanidine groups is 1. The molecule has 0 saturated carbocycles. The van der Waals surface area contributed by atoms with Crippen molar-refractivity contribution < 1.29 is 4.79 Å². The Labute approximate surface area is 168 Å². The Hall–Kier alpha value is -1.31. The lowest BCUT2D eigenvalue weighted by atomic mass is 10.1. The maximum Gasteiger partial charge on any atom is 0.222 e. The molecular formula is C19H31IN4O. The van der Waals surface area contributed by atoms with Crippen molar-refractivity contribution in [1.82, 2.24) is 15.1 Å². The highest BCUT2D eigenvalue weighted by molar-refractivity contribution is 14.0. The minimum absolute atomic E-state index is 0. The van der Waals surface area contributed by atoms with Gasteiger partial charge in [0.05, 0.1) is 0 Å². The predicted molar refractivity (Wildman–Crippen MR) is 114 cm³/mol. The molecule has 25 heavy (non-hydrogen) atoms. The van der Waals surface area contributed by atoms with Gasteiger partial charge in [-0.15, -0.1) is 24.0 Å². The molecule has 0 spiro atoms. The number of unbranched alkanes of at least 4 members (excludes halogenated alkanes) is 1. The van der Waals surface area contributed by atoms with Crippen LogP contribution in [-0.4, -0.2) is 48.9 Å². The van der Waals surface area contributed by atoms with Gasteiger partial charge < -0.3 is 15.1 Å². The lowest BCUT2D eigenvalue weighted by molar-refractivity contribution is -0.128. The van der Waals surface area contributed by atoms with Crippen molar-refractivity contribution in [2.24, 2.45) is 4.99 Å². The molecule has 0 unspecified atom stereocenters. The van der Waals surface area contributed by atoms with Gasteiger partial charge in [0.15, 0.2) is 5.96 Å². The third kappa shape index (κ3) is 6.84. The Kier molecular flexibility index (Phi) is 9.85. The van der Waals surface area contributed by atoms with Crippen LogP contribution in [0, 0.1) is 0 Å². The molecule has 1 aliphatic heterocycles. The summed E-state index contributed by atoms with van der Waals surface area (Å²) in [5, 5.41) is 3.41. The van der Waals surface area contributed by atoms with E-state index in [1.165, 1.54) is 24.0 Å². The van der Waals surface area contributed by atoms with Crippen molar-refractivity contribution in [2.45, 2.75) is 45.7 Å². The van der Waals surface area contributed by atoms with Gasteiger partial charge in [-0.1, -0.05) is 37.6 Å². The number of hydrogen-bond donors (Lipinski definition) is 1. The van der Waals surface area contributed by atoms with Crippen LogP contribution in [0.25, 0.3) is 0 Å². The van der Waals surface area contributed by atoms with E-state index >= 15 is 0 Å². The second kappa shape index (κ2) is 11.3. The van der Waals surface area contributed by atoms with E-state index in [1.54, 1.807) is 0 Å². The van der Waals surface area contributed by atoms with Crippen molar-refractivity contribution in [3.05, 3.63) is 35.4 Å². The number of benzene rings is 1. The summed E-state index contributed by atoms with van der Waals surface area (Å²) in [6, 6.07) is 8.49. The first kappa shape index (κ1) is 21.7. The maximum atomic E-state index is 11.7. The lowest BCUT2D eigenvalue weighted by Gasteiger charge is -2.22. The fourth-order valence-electron chi connectivity index (χ4n) is 2.92. The first-order valence-corrected chi connectivity index (χ1v) is 8.91. The summed E-state index contributed by atoms with van der Waals surface area (Å²) in [4.78, 5) is 20.1. The highest BCUT2D eigenvalue weighted by Crippen LogP contribution is 2.14. The molecule has 1 heterocycles. The molecule has 0 aromatic heterocycles. The highest BCUT2D eigenvalue weighted by Gasteiger charge is 2.19. The topological polar surface area (TPSA) is 47.9 Å². The number of halogens is 1. The largest absolute Gasteiger partial charge is 0.352 e. The summed E-state index contributed by atoms with van der Waals surface area (Å²) in [6.07, 6.45) is 4.04. The zero-order valence-corrected chi connectivity index (χ0v) is 18.0. The number of carbonyl (C=O) groups is 1. The molecule has 140 valence electrons. The Morgan fingerprint density at radius 2 is 1.96 bits per heavy atom. The molecule has 1 saturated heterocycles. The van der Waals surface area contributed by atoms with Gasteiger partial charge >= 0.3 is 0 Å². The van der Waals surface area contributed by atoms with Gasteiger partial charge in [0.25, 0.3) is 0 Å². The zero-order valence-electron chi connectivity index (χ0n) is 15.6. The minimum atomic E-state index is 0. The summed E-state index contributed by atoms with van der Waals surface area (Å²) in [5.74, 6) is 1.20. The Balaban J connectivity index is 0.00000312. The average Bonchev–Trinajstić information content (AvgIpc) is 2.99. The Bertz CT molecular complexity index is 559. The van der Waals surface area contributed by atoms with Crippen molar-refractivity contribution in [3.8, 4) is 0 Å². The molecule has 0 atom stereocenters. The SMILES string of the molecule is CCCCN(C)C(=NC)NCc1ccc(CN2CCCC2=O)cc1.I. The zero-order chi connectivity index (χ0) is 17.4. The van der Waals surface area contributed by atoms with Crippen LogP contribution < -0.4 is 5.32 Å². The molecule has 1 amide bonds. The minimum Gasteiger partial charge on any atom is -0.352 e. The number of amides is 1. The monoisotopic (exact) mass is 458 g/mol. The molecule has 1 aromatic rings. The molecule has 5 nitrogen and oxygen atoms in total. The van der Waals surface area contributed by atoms with Crippen LogP contribution in [0.2, 0.25) is 0 Å². The van der Waals surface area contributed by atoms with E-state index in [2.05, 4.69) is 53.4 Å². The van der Waals surface area contributed by atoms with Crippen molar-refractivity contribution in [1.29, 1.82) is 0 Å². The van der Waals surface area contributed by atoms with Crippen LogP contribution in [0.4, 0.5) is 0 Å². The molecule has 6 heteroatoms. The average molecular weight is 458 g/mol. The molecule has 1 aromatic carbocycles. The van der Waals surface area contributed by atoms with Crippen LogP contribution >= 0.6 is 24.0 Å². The van der Waals surface area contributed by atoms with E-state index in [0.29, 0.717) is 6.42 Å². The second-order valence-corrected chi connectivity index (χ2v) is 6.41. The van der Waals surface area contributed by atoms with Gasteiger partial charge in [-0.05, 0) is 24.0 Å². The van der Waals surface area contributed by atoms with Gasteiger partial charge in [0.2, 0.25) is 5.91 Å². The first-order chi connectivity index (χ1) is 11.6. The quantitative estimate of drug-likeness (QED) is 0.388. The van der Waals surface area contributed by atoms with E-state index in [4.69, 9.17) is 0 Å². The van der Waals surface area contributed by atoms with Gasteiger partial charge in [-0.2, -0.15) is 0 Å². The van der Waals surface area contributed by atoms with Crippen LogP contribution in [0.15, 0.2) is 29.3 Å². The normalized spacial score (nSPS) is 14.4. The van der Waals surface area contributed by atoms with Gasteiger partial charge in [0.1, 0.15) is 0 Å². The number of nitrogens with one attached hydrogen (secondary N) is 1. The van der Waals surface area contributed by atoms with Crippen molar-refractivity contribution in [3.63, 3.8) is 0 Å². The molecule has 0 radical (unpaired) electrons. The van der Waals surface area contributed by atoms with Crippen LogP contribution in [-0.2, 0) is 17.9 Å². The molecule has 1 fully saturated rings. The van der Waals surface area contributed by atoms with E-state index in [1.807, 2.05) is 11.9 Å². The third-order valence-corrected chi connectivity index (χ3v) is 4.44. The summed E-state index contributed by atoms with van der Waals surface area (Å²) < 4.78 is 0. The molecule has 2 rings (SSSR count). The highest BCUT2D eigenvalue weighted by atomic mass is 127.